The van der Waals surface area contributed by atoms with Gasteiger partial charge in [0.15, 0.2) is 0 Å². The number of imidazole rings is 1. The molecule has 0 aliphatic rings. The first-order chi connectivity index (χ1) is 10.6. The normalized spacial score (nSPS) is 11.6. The van der Waals surface area contributed by atoms with Crippen LogP contribution in [0.1, 0.15) is 17.0 Å². The second-order valence-electron chi connectivity index (χ2n) is 5.85. The number of hydrogen-bond donors (Lipinski definition) is 1. The van der Waals surface area contributed by atoms with E-state index in [0.717, 1.165) is 22.4 Å². The van der Waals surface area contributed by atoms with Crippen molar-refractivity contribution >= 4 is 16.6 Å². The molecule has 110 valence electrons. The molecule has 0 radical (unpaired) electrons. The number of aryl methyl sites for hydroxylation is 2. The summed E-state index contributed by atoms with van der Waals surface area (Å²) in [7, 11) is 0. The Morgan fingerprint density at radius 1 is 0.955 bits per heavy atom. The number of rotatable bonds is 1. The lowest BCUT2D eigenvalue weighted by Gasteiger charge is -2.07. The van der Waals surface area contributed by atoms with Gasteiger partial charge in [-0.25, -0.2) is 0 Å². The summed E-state index contributed by atoms with van der Waals surface area (Å²) >= 11 is 0. The van der Waals surface area contributed by atoms with Crippen molar-refractivity contribution in [2.45, 2.75) is 20.8 Å². The van der Waals surface area contributed by atoms with Crippen LogP contribution in [0, 0.1) is 20.8 Å². The van der Waals surface area contributed by atoms with Crippen LogP contribution in [-0.2, 0) is 0 Å². The lowest BCUT2D eigenvalue weighted by atomic mass is 10.1. The van der Waals surface area contributed by atoms with E-state index in [1.54, 1.807) is 4.68 Å². The lowest BCUT2D eigenvalue weighted by Crippen LogP contribution is -2.36. The van der Waals surface area contributed by atoms with Gasteiger partial charge in [-0.2, -0.15) is 4.57 Å². The predicted molar refractivity (Wildman–Crippen MR) is 88.8 cm³/mol. The third-order valence-electron chi connectivity index (χ3n) is 4.45. The smallest absolute Gasteiger partial charge is 0.282 e. The summed E-state index contributed by atoms with van der Waals surface area (Å²) in [6.45, 7) is 6.35. The second kappa shape index (κ2) is 4.37. The zero-order chi connectivity index (χ0) is 15.4. The topological polar surface area (TPSA) is 39.2 Å². The molecule has 22 heavy (non-hydrogen) atoms. The first-order valence-corrected chi connectivity index (χ1v) is 7.44. The van der Waals surface area contributed by atoms with E-state index in [1.165, 1.54) is 16.8 Å². The van der Waals surface area contributed by atoms with Gasteiger partial charge in [0.1, 0.15) is 5.69 Å². The van der Waals surface area contributed by atoms with Gasteiger partial charge in [-0.1, -0.05) is 24.3 Å². The van der Waals surface area contributed by atoms with Crippen molar-refractivity contribution in [1.82, 2.24) is 9.08 Å². The molecule has 4 heteroatoms. The van der Waals surface area contributed by atoms with E-state index in [2.05, 4.69) is 66.4 Å². The first kappa shape index (κ1) is 13.0. The summed E-state index contributed by atoms with van der Waals surface area (Å²) < 4.78 is 6.17. The van der Waals surface area contributed by atoms with Gasteiger partial charge in [-0.15, -0.1) is 4.68 Å². The van der Waals surface area contributed by atoms with Crippen LogP contribution in [-0.4, -0.2) is 9.08 Å². The van der Waals surface area contributed by atoms with Crippen molar-refractivity contribution in [3.05, 3.63) is 65.7 Å². The Kier molecular flexibility index (Phi) is 2.57. The quantitative estimate of drug-likeness (QED) is 0.425. The molecule has 0 spiro atoms. The SMILES string of the molecule is Cc1cccc(C)c1-[n+]1c(C)n(N)c2c3ccccn3cc21. The van der Waals surface area contributed by atoms with E-state index < -0.39 is 0 Å². The van der Waals surface area contributed by atoms with Gasteiger partial charge in [0, 0.05) is 13.1 Å². The maximum atomic E-state index is 6.37. The number of nitrogens with zero attached hydrogens (tertiary/aromatic N) is 3. The summed E-state index contributed by atoms with van der Waals surface area (Å²) in [5.41, 5.74) is 7.01. The molecule has 1 aromatic carbocycles. The van der Waals surface area contributed by atoms with Crippen LogP contribution in [0.25, 0.3) is 22.2 Å². The van der Waals surface area contributed by atoms with Crippen molar-refractivity contribution in [2.24, 2.45) is 0 Å². The minimum atomic E-state index is 1.02. The fourth-order valence-corrected chi connectivity index (χ4v) is 3.39. The molecule has 0 fully saturated rings. The maximum absolute atomic E-state index is 6.37. The summed E-state index contributed by atoms with van der Waals surface area (Å²) in [5.74, 6) is 7.39. The molecule has 3 heterocycles. The molecule has 3 aromatic heterocycles. The van der Waals surface area contributed by atoms with Crippen LogP contribution in [0.4, 0.5) is 0 Å². The molecule has 0 saturated carbocycles. The molecule has 0 aliphatic heterocycles. The Labute approximate surface area is 129 Å². The van der Waals surface area contributed by atoms with E-state index in [1.807, 2.05) is 12.1 Å². The highest BCUT2D eigenvalue weighted by Gasteiger charge is 2.27. The zero-order valence-corrected chi connectivity index (χ0v) is 13.0. The van der Waals surface area contributed by atoms with Gasteiger partial charge in [-0.3, -0.25) is 5.84 Å². The second-order valence-corrected chi connectivity index (χ2v) is 5.85. The van der Waals surface area contributed by atoms with Gasteiger partial charge in [-0.05, 0) is 37.1 Å². The number of benzene rings is 1. The highest BCUT2D eigenvalue weighted by atomic mass is 15.4. The molecule has 2 N–H and O–H groups in total. The van der Waals surface area contributed by atoms with Gasteiger partial charge in [0.25, 0.3) is 5.82 Å². The molecule has 4 aromatic rings. The Balaban J connectivity index is 2.21. The number of hydrogen-bond acceptors (Lipinski definition) is 1. The highest BCUT2D eigenvalue weighted by Crippen LogP contribution is 2.24. The van der Waals surface area contributed by atoms with Gasteiger partial charge < -0.3 is 4.40 Å². The maximum Gasteiger partial charge on any atom is 0.282 e. The fraction of sp³-hybridized carbons (Fsp3) is 0.167. The molecule has 4 rings (SSSR count). The average molecular weight is 291 g/mol. The largest absolute Gasteiger partial charge is 0.316 e. The molecule has 4 nitrogen and oxygen atoms in total. The Morgan fingerprint density at radius 3 is 2.41 bits per heavy atom. The van der Waals surface area contributed by atoms with E-state index in [9.17, 15) is 0 Å². The molecule has 0 bridgehead atoms. The molecular formula is C18H19N4+. The molecule has 0 saturated heterocycles. The molecular weight excluding hydrogens is 272 g/mol. The van der Waals surface area contributed by atoms with Crippen LogP contribution in [0.3, 0.4) is 0 Å². The summed E-state index contributed by atoms with van der Waals surface area (Å²) in [4.78, 5) is 0. The molecule has 0 aliphatic carbocycles. The highest BCUT2D eigenvalue weighted by molar-refractivity contribution is 5.91. The van der Waals surface area contributed by atoms with E-state index in [0.29, 0.717) is 0 Å². The van der Waals surface area contributed by atoms with E-state index in [-0.39, 0.29) is 0 Å². The van der Waals surface area contributed by atoms with Crippen LogP contribution in [0.5, 0.6) is 0 Å². The monoisotopic (exact) mass is 291 g/mol. The first-order valence-electron chi connectivity index (χ1n) is 7.44. The van der Waals surface area contributed by atoms with Crippen molar-refractivity contribution in [3.63, 3.8) is 0 Å². The Morgan fingerprint density at radius 2 is 1.68 bits per heavy atom. The van der Waals surface area contributed by atoms with Crippen molar-refractivity contribution in [2.75, 3.05) is 5.84 Å². The predicted octanol–water partition coefficient (Wildman–Crippen LogP) is 2.81. The van der Waals surface area contributed by atoms with E-state index in [4.69, 9.17) is 5.84 Å². The number of nitrogens with two attached hydrogens (primary N) is 1. The number of aromatic nitrogens is 3. The number of nitrogen functional groups attached to an aromatic ring is 1. The zero-order valence-electron chi connectivity index (χ0n) is 13.0. The standard InChI is InChI=1S/C18H19N4/c1-12-7-6-8-13(2)17(12)21-14(3)22(19)18-15-9-4-5-10-20(15)11-16(18)21/h4-11H,19H2,1-3H3/q+1. The average Bonchev–Trinajstić information content (AvgIpc) is 2.98. The van der Waals surface area contributed by atoms with Crippen LogP contribution in [0.15, 0.2) is 48.8 Å². The molecule has 0 atom stereocenters. The van der Waals surface area contributed by atoms with E-state index >= 15 is 0 Å². The van der Waals surface area contributed by atoms with Crippen molar-refractivity contribution in [1.29, 1.82) is 0 Å². The van der Waals surface area contributed by atoms with Crippen molar-refractivity contribution < 1.29 is 4.57 Å². The van der Waals surface area contributed by atoms with Gasteiger partial charge in [0.2, 0.25) is 11.0 Å². The van der Waals surface area contributed by atoms with Crippen LogP contribution in [0.2, 0.25) is 0 Å². The Bertz CT molecular complexity index is 1000. The van der Waals surface area contributed by atoms with Gasteiger partial charge in [0.05, 0.1) is 11.7 Å². The third kappa shape index (κ3) is 1.55. The fourth-order valence-electron chi connectivity index (χ4n) is 3.39. The summed E-state index contributed by atoms with van der Waals surface area (Å²) in [6, 6.07) is 12.6. The van der Waals surface area contributed by atoms with Gasteiger partial charge >= 0.3 is 0 Å². The molecule has 0 unspecified atom stereocenters. The third-order valence-corrected chi connectivity index (χ3v) is 4.45. The van der Waals surface area contributed by atoms with Crippen LogP contribution >= 0.6 is 0 Å². The van der Waals surface area contributed by atoms with Crippen molar-refractivity contribution in [3.8, 4) is 5.69 Å². The Hall–Kier alpha value is -2.75. The summed E-state index contributed by atoms with van der Waals surface area (Å²) in [6.07, 6.45) is 4.20. The minimum absolute atomic E-state index is 1.02. The summed E-state index contributed by atoms with van der Waals surface area (Å²) in [5, 5.41) is 0. The van der Waals surface area contributed by atoms with Crippen LogP contribution < -0.4 is 10.4 Å². The number of fused-ring (bicyclic) bond motifs is 3. The number of pyridine rings is 1. The minimum Gasteiger partial charge on any atom is -0.316 e. The molecule has 0 amide bonds. The lowest BCUT2D eigenvalue weighted by molar-refractivity contribution is -0.576. The number of para-hydroxylation sites is 1.